The predicted octanol–water partition coefficient (Wildman–Crippen LogP) is 2.77. The van der Waals surface area contributed by atoms with Crippen molar-refractivity contribution in [2.45, 2.75) is 37.4 Å². The number of rotatable bonds is 3. The summed E-state index contributed by atoms with van der Waals surface area (Å²) >= 11 is 0. The first-order chi connectivity index (χ1) is 9.03. The van der Waals surface area contributed by atoms with E-state index in [1.165, 1.54) is 6.07 Å². The van der Waals surface area contributed by atoms with Crippen molar-refractivity contribution in [3.05, 3.63) is 29.6 Å². The minimum absolute atomic E-state index is 0.000570. The lowest BCUT2D eigenvalue weighted by molar-refractivity contribution is 0.486. The second kappa shape index (κ2) is 5.57. The second-order valence-electron chi connectivity index (χ2n) is 4.71. The third kappa shape index (κ3) is 3.24. The summed E-state index contributed by atoms with van der Waals surface area (Å²) in [6.45, 7) is 0. The van der Waals surface area contributed by atoms with Crippen LogP contribution in [0.2, 0.25) is 0 Å². The maximum Gasteiger partial charge on any atom is 0.235 e. The third-order valence-corrected chi connectivity index (χ3v) is 5.20. The summed E-state index contributed by atoms with van der Waals surface area (Å²) in [7, 11) is -3.51. The Bertz CT molecular complexity index is 602. The highest BCUT2D eigenvalue weighted by molar-refractivity contribution is 7.93. The highest BCUT2D eigenvalue weighted by Crippen LogP contribution is 2.26. The minimum Gasteiger partial charge on any atom is -0.282 e. The fraction of sp³-hybridized carbons (Fsp3) is 0.462. The van der Waals surface area contributed by atoms with Gasteiger partial charge in [0, 0.05) is 0 Å². The molecule has 0 bridgehead atoms. The molecule has 6 heteroatoms. The van der Waals surface area contributed by atoms with E-state index >= 15 is 0 Å². The molecule has 0 heterocycles. The van der Waals surface area contributed by atoms with E-state index in [1.807, 2.05) is 0 Å². The Kier molecular flexibility index (Phi) is 4.05. The summed E-state index contributed by atoms with van der Waals surface area (Å²) in [6.07, 6.45) is 4.14. The van der Waals surface area contributed by atoms with Crippen molar-refractivity contribution in [1.82, 2.24) is 0 Å². The first-order valence-electron chi connectivity index (χ1n) is 6.24. The predicted molar refractivity (Wildman–Crippen MR) is 70.5 cm³/mol. The van der Waals surface area contributed by atoms with Crippen LogP contribution in [0, 0.1) is 17.1 Å². The van der Waals surface area contributed by atoms with Gasteiger partial charge in [0.05, 0.1) is 16.5 Å². The molecular formula is C13H15FN2O2S. The van der Waals surface area contributed by atoms with Gasteiger partial charge < -0.3 is 0 Å². The molecule has 0 radical (unpaired) electrons. The Morgan fingerprint density at radius 1 is 1.26 bits per heavy atom. The number of sulfonamides is 1. The molecule has 1 aliphatic carbocycles. The molecule has 2 rings (SSSR count). The molecular weight excluding hydrogens is 267 g/mol. The Hall–Kier alpha value is -1.61. The number of nitriles is 1. The van der Waals surface area contributed by atoms with Gasteiger partial charge in [0.1, 0.15) is 11.9 Å². The summed E-state index contributed by atoms with van der Waals surface area (Å²) in [5.41, 5.74) is 0.147. The number of halogens is 1. The van der Waals surface area contributed by atoms with Crippen molar-refractivity contribution in [1.29, 1.82) is 5.26 Å². The number of hydrogen-bond acceptors (Lipinski definition) is 3. The van der Waals surface area contributed by atoms with Gasteiger partial charge in [-0.15, -0.1) is 0 Å². The highest BCUT2D eigenvalue weighted by atomic mass is 32.2. The molecule has 0 saturated heterocycles. The van der Waals surface area contributed by atoms with E-state index in [1.54, 1.807) is 6.07 Å². The van der Waals surface area contributed by atoms with E-state index in [9.17, 15) is 12.8 Å². The fourth-order valence-corrected chi connectivity index (χ4v) is 3.92. The number of nitrogens with one attached hydrogen (secondary N) is 1. The van der Waals surface area contributed by atoms with Crippen molar-refractivity contribution in [3.63, 3.8) is 0 Å². The molecule has 0 aliphatic heterocycles. The van der Waals surface area contributed by atoms with Crippen LogP contribution in [-0.2, 0) is 10.0 Å². The van der Waals surface area contributed by atoms with E-state index in [-0.39, 0.29) is 11.3 Å². The number of hydrogen-bond donors (Lipinski definition) is 1. The van der Waals surface area contributed by atoms with Gasteiger partial charge in [-0.3, -0.25) is 4.72 Å². The standard InChI is InChI=1S/C13H15FN2O2S/c14-11-6-7-13(10(8-11)9-15)16-19(17,18)12-4-2-1-3-5-12/h6-8,12,16H,1-5H2. The zero-order chi connectivity index (χ0) is 13.9. The third-order valence-electron chi connectivity index (χ3n) is 3.35. The maximum absolute atomic E-state index is 13.0. The molecule has 0 spiro atoms. The first-order valence-corrected chi connectivity index (χ1v) is 7.79. The summed E-state index contributed by atoms with van der Waals surface area (Å²) in [4.78, 5) is 0. The fourth-order valence-electron chi connectivity index (χ4n) is 2.31. The van der Waals surface area contributed by atoms with Gasteiger partial charge in [0.25, 0.3) is 0 Å². The number of nitrogens with zero attached hydrogens (tertiary/aromatic N) is 1. The van der Waals surface area contributed by atoms with Crippen LogP contribution in [0.4, 0.5) is 10.1 Å². The summed E-state index contributed by atoms with van der Waals surface area (Å²) in [6, 6.07) is 5.25. The van der Waals surface area contributed by atoms with Gasteiger partial charge in [-0.1, -0.05) is 19.3 Å². The molecule has 0 amide bonds. The molecule has 1 aliphatic rings. The van der Waals surface area contributed by atoms with E-state index in [0.717, 1.165) is 31.4 Å². The molecule has 1 saturated carbocycles. The summed E-state index contributed by atoms with van der Waals surface area (Å²) in [5, 5.41) is 8.48. The van der Waals surface area contributed by atoms with Crippen LogP contribution in [0.5, 0.6) is 0 Å². The molecule has 0 unspecified atom stereocenters. The Morgan fingerprint density at radius 3 is 2.58 bits per heavy atom. The second-order valence-corrected chi connectivity index (χ2v) is 6.67. The van der Waals surface area contributed by atoms with Crippen molar-refractivity contribution in [2.24, 2.45) is 0 Å². The van der Waals surface area contributed by atoms with E-state index in [4.69, 9.17) is 5.26 Å². The van der Waals surface area contributed by atoms with Crippen molar-refractivity contribution in [2.75, 3.05) is 4.72 Å². The average molecular weight is 282 g/mol. The Labute approximate surface area is 112 Å². The lowest BCUT2D eigenvalue weighted by Crippen LogP contribution is -2.30. The number of anilines is 1. The lowest BCUT2D eigenvalue weighted by Gasteiger charge is -2.22. The summed E-state index contributed by atoms with van der Waals surface area (Å²) < 4.78 is 39.8. The normalized spacial score (nSPS) is 16.8. The maximum atomic E-state index is 13.0. The van der Waals surface area contributed by atoms with Gasteiger partial charge in [-0.25, -0.2) is 12.8 Å². The SMILES string of the molecule is N#Cc1cc(F)ccc1NS(=O)(=O)C1CCCCC1. The molecule has 1 aromatic carbocycles. The Morgan fingerprint density at radius 2 is 1.95 bits per heavy atom. The monoisotopic (exact) mass is 282 g/mol. The van der Waals surface area contributed by atoms with Gasteiger partial charge in [-0.05, 0) is 31.0 Å². The van der Waals surface area contributed by atoms with Crippen LogP contribution in [0.3, 0.4) is 0 Å². The van der Waals surface area contributed by atoms with Crippen molar-refractivity contribution in [3.8, 4) is 6.07 Å². The van der Waals surface area contributed by atoms with E-state index in [2.05, 4.69) is 4.72 Å². The molecule has 1 aromatic rings. The zero-order valence-corrected chi connectivity index (χ0v) is 11.2. The molecule has 0 atom stereocenters. The minimum atomic E-state index is -3.51. The van der Waals surface area contributed by atoms with Crippen LogP contribution in [0.15, 0.2) is 18.2 Å². The van der Waals surface area contributed by atoms with Crippen LogP contribution in [-0.4, -0.2) is 13.7 Å². The van der Waals surface area contributed by atoms with Gasteiger partial charge in [-0.2, -0.15) is 5.26 Å². The highest BCUT2D eigenvalue weighted by Gasteiger charge is 2.27. The topological polar surface area (TPSA) is 70.0 Å². The smallest absolute Gasteiger partial charge is 0.235 e. The molecule has 1 N–H and O–H groups in total. The van der Waals surface area contributed by atoms with E-state index in [0.29, 0.717) is 12.8 Å². The first kappa shape index (κ1) is 13.8. The van der Waals surface area contributed by atoms with Gasteiger partial charge in [0.15, 0.2) is 0 Å². The summed E-state index contributed by atoms with van der Waals surface area (Å²) in [5.74, 6) is -0.558. The Balaban J connectivity index is 2.23. The molecule has 4 nitrogen and oxygen atoms in total. The lowest BCUT2D eigenvalue weighted by atomic mass is 10.0. The average Bonchev–Trinajstić information content (AvgIpc) is 2.41. The van der Waals surface area contributed by atoms with Crippen LogP contribution in [0.1, 0.15) is 37.7 Å². The van der Waals surface area contributed by atoms with Crippen molar-refractivity contribution >= 4 is 15.7 Å². The van der Waals surface area contributed by atoms with Crippen LogP contribution in [0.25, 0.3) is 0 Å². The van der Waals surface area contributed by atoms with Crippen LogP contribution >= 0.6 is 0 Å². The zero-order valence-electron chi connectivity index (χ0n) is 10.4. The van der Waals surface area contributed by atoms with E-state index < -0.39 is 21.1 Å². The number of benzene rings is 1. The van der Waals surface area contributed by atoms with Crippen molar-refractivity contribution < 1.29 is 12.8 Å². The molecule has 1 fully saturated rings. The molecule has 19 heavy (non-hydrogen) atoms. The molecule has 0 aromatic heterocycles. The largest absolute Gasteiger partial charge is 0.282 e. The quantitative estimate of drug-likeness (QED) is 0.926. The van der Waals surface area contributed by atoms with Crippen LogP contribution < -0.4 is 4.72 Å². The van der Waals surface area contributed by atoms with Gasteiger partial charge >= 0.3 is 0 Å². The molecule has 102 valence electrons. The van der Waals surface area contributed by atoms with Gasteiger partial charge in [0.2, 0.25) is 10.0 Å².